The molecule has 6 heterocycles. The number of carbonyl (C=O) groups excluding carboxylic acids is 2. The molecule has 10 heteroatoms. The van der Waals surface area contributed by atoms with Crippen LogP contribution in [0.4, 0.5) is 0 Å². The smallest absolute Gasteiger partial charge is 0.319 e. The molecule has 3 saturated heterocycles. The first-order chi connectivity index (χ1) is 25.7. The van der Waals surface area contributed by atoms with Gasteiger partial charge >= 0.3 is 11.9 Å². The number of hydrogen-bond donors (Lipinski definition) is 3. The number of esters is 2. The Hall–Kier alpha value is -3.86. The van der Waals surface area contributed by atoms with Crippen molar-refractivity contribution in [1.29, 1.82) is 0 Å². The standard InChI is InChI=1S/C43H54N4O6/c1-7-22-17-24-20-43(42(50)53-6)38-27(15-16-47(39(22)43)40(24)48)26-13-14-33(51-4)35(37(26)45-38)30-18-28-23(8-2)21-46(3)32(34(28)41(49)52-5)19-29-25-11-9-10-12-31(25)44-36(29)30/h9-14,22-24,28,30,32,34,39-40,44-45,48H,7-8,15-21H2,1-6H3/t22-,23+,24+,28-,30-,32-,34-,39-,40+,43+/m0/s1. The summed E-state index contributed by atoms with van der Waals surface area (Å²) in [5.41, 5.74) is 6.70. The van der Waals surface area contributed by atoms with Gasteiger partial charge in [0.2, 0.25) is 0 Å². The molecular weight excluding hydrogens is 668 g/mol. The molecule has 53 heavy (non-hydrogen) atoms. The molecule has 2 aromatic heterocycles. The number of nitrogens with zero attached hydrogens (tertiary/aromatic N) is 2. The van der Waals surface area contributed by atoms with E-state index < -0.39 is 11.6 Å². The highest BCUT2D eigenvalue weighted by Gasteiger charge is 2.65. The number of ether oxygens (including phenoxy) is 3. The van der Waals surface area contributed by atoms with Crippen molar-refractivity contribution < 1.29 is 28.9 Å². The summed E-state index contributed by atoms with van der Waals surface area (Å²) in [6.07, 6.45) is 4.97. The fourth-order valence-corrected chi connectivity index (χ4v) is 12.5. The Kier molecular flexibility index (Phi) is 8.48. The van der Waals surface area contributed by atoms with E-state index in [-0.39, 0.29) is 53.6 Å². The van der Waals surface area contributed by atoms with Gasteiger partial charge in [0.05, 0.1) is 32.8 Å². The summed E-state index contributed by atoms with van der Waals surface area (Å²) in [7, 11) is 6.94. The minimum Gasteiger partial charge on any atom is -0.496 e. The van der Waals surface area contributed by atoms with E-state index in [0.29, 0.717) is 25.3 Å². The Labute approximate surface area is 311 Å². The third-order valence-electron chi connectivity index (χ3n) is 14.7. The predicted molar refractivity (Wildman–Crippen MR) is 203 cm³/mol. The SMILES string of the molecule is CC[C@@H]1CN(C)[C@H]2Cc3c([nH]c4ccccc34)[C@H](c3c(OC)ccc4c5c([nH]c34)[C@]3(C(=O)OC)C[C@H]4C[C@H](CC)[C@@H]3N(CC5)[C@@H]4O)C[C@@H]1[C@@H]2C(=O)OC. The lowest BCUT2D eigenvalue weighted by atomic mass is 9.56. The number of fused-ring (bicyclic) bond motifs is 9. The molecule has 3 N–H and O–H groups in total. The fraction of sp³-hybridized carbons (Fsp3) is 0.581. The summed E-state index contributed by atoms with van der Waals surface area (Å²) in [4.78, 5) is 40.9. The van der Waals surface area contributed by atoms with E-state index in [4.69, 9.17) is 14.2 Å². The average Bonchev–Trinajstić information content (AvgIpc) is 3.70. The van der Waals surface area contributed by atoms with Crippen LogP contribution in [0.2, 0.25) is 0 Å². The first-order valence-corrected chi connectivity index (χ1v) is 19.8. The van der Waals surface area contributed by atoms with Gasteiger partial charge < -0.3 is 34.2 Å². The molecule has 4 aromatic rings. The molecule has 1 unspecified atom stereocenters. The van der Waals surface area contributed by atoms with E-state index >= 15 is 0 Å². The minimum absolute atomic E-state index is 0.0137. The molecule has 0 amide bonds. The summed E-state index contributed by atoms with van der Waals surface area (Å²) in [6.45, 7) is 6.04. The van der Waals surface area contributed by atoms with E-state index in [9.17, 15) is 14.7 Å². The van der Waals surface area contributed by atoms with Crippen LogP contribution in [-0.2, 0) is 37.3 Å². The zero-order chi connectivity index (χ0) is 36.9. The third-order valence-corrected chi connectivity index (χ3v) is 14.7. The van der Waals surface area contributed by atoms with Crippen molar-refractivity contribution in [2.45, 2.75) is 88.4 Å². The molecule has 282 valence electrons. The second-order valence-corrected chi connectivity index (χ2v) is 16.7. The van der Waals surface area contributed by atoms with E-state index in [1.165, 1.54) is 30.9 Å². The van der Waals surface area contributed by atoms with E-state index in [0.717, 1.165) is 77.6 Å². The van der Waals surface area contributed by atoms with Crippen molar-refractivity contribution in [1.82, 2.24) is 19.8 Å². The lowest BCUT2D eigenvalue weighted by Gasteiger charge is -2.59. The Bertz CT molecular complexity index is 2090. The highest BCUT2D eigenvalue weighted by molar-refractivity contribution is 5.95. The predicted octanol–water partition coefficient (Wildman–Crippen LogP) is 5.89. The normalized spacial score (nSPS) is 34.8. The third kappa shape index (κ3) is 4.80. The van der Waals surface area contributed by atoms with Gasteiger partial charge in [-0.1, -0.05) is 44.9 Å². The maximum Gasteiger partial charge on any atom is 0.319 e. The molecule has 10 nitrogen and oxygen atoms in total. The largest absolute Gasteiger partial charge is 0.496 e. The summed E-state index contributed by atoms with van der Waals surface area (Å²) < 4.78 is 17.6. The molecule has 0 radical (unpaired) electrons. The highest BCUT2D eigenvalue weighted by Crippen LogP contribution is 2.58. The molecule has 0 spiro atoms. The van der Waals surface area contributed by atoms with Gasteiger partial charge in [-0.05, 0) is 86.2 Å². The number of carbonyl (C=O) groups is 2. The number of H-pyrrole nitrogens is 2. The van der Waals surface area contributed by atoms with Gasteiger partial charge in [-0.2, -0.15) is 0 Å². The van der Waals surface area contributed by atoms with Crippen LogP contribution in [0, 0.1) is 29.6 Å². The van der Waals surface area contributed by atoms with Gasteiger partial charge in [-0.3, -0.25) is 14.5 Å². The number of benzene rings is 2. The first-order valence-electron chi connectivity index (χ1n) is 19.8. The van der Waals surface area contributed by atoms with Gasteiger partial charge in [0.15, 0.2) is 0 Å². The van der Waals surface area contributed by atoms with E-state index in [2.05, 4.69) is 77.1 Å². The van der Waals surface area contributed by atoms with Crippen molar-refractivity contribution in [2.24, 2.45) is 29.6 Å². The number of aliphatic hydroxyl groups excluding tert-OH is 1. The summed E-state index contributed by atoms with van der Waals surface area (Å²) in [6, 6.07) is 12.6. The fourth-order valence-electron chi connectivity index (χ4n) is 12.5. The molecule has 10 rings (SSSR count). The van der Waals surface area contributed by atoms with Crippen molar-refractivity contribution in [3.05, 3.63) is 64.5 Å². The number of likely N-dealkylation sites (tertiary alicyclic amines) is 1. The van der Waals surface area contributed by atoms with E-state index in [1.54, 1.807) is 7.11 Å². The molecule has 11 atom stereocenters. The lowest BCUT2D eigenvalue weighted by molar-refractivity contribution is -0.196. The zero-order valence-corrected chi connectivity index (χ0v) is 31.9. The van der Waals surface area contributed by atoms with Gasteiger partial charge in [0.1, 0.15) is 17.4 Å². The summed E-state index contributed by atoms with van der Waals surface area (Å²) >= 11 is 0. The second-order valence-electron chi connectivity index (χ2n) is 16.7. The van der Waals surface area contributed by atoms with Gasteiger partial charge in [-0.15, -0.1) is 0 Å². The number of aromatic nitrogens is 2. The van der Waals surface area contributed by atoms with Crippen LogP contribution < -0.4 is 4.74 Å². The number of para-hydroxylation sites is 1. The number of hydrogen-bond acceptors (Lipinski definition) is 8. The van der Waals surface area contributed by atoms with Crippen molar-refractivity contribution >= 4 is 33.7 Å². The Balaban J connectivity index is 1.31. The highest BCUT2D eigenvalue weighted by atomic mass is 16.5. The topological polar surface area (TPSA) is 120 Å². The molecule has 4 fully saturated rings. The van der Waals surface area contributed by atoms with Gasteiger partial charge in [0.25, 0.3) is 0 Å². The first kappa shape index (κ1) is 34.9. The number of methoxy groups -OCH3 is 3. The lowest BCUT2D eigenvalue weighted by Crippen LogP contribution is -2.70. The van der Waals surface area contributed by atoms with Crippen LogP contribution in [-0.4, -0.2) is 96.6 Å². The molecule has 1 saturated carbocycles. The zero-order valence-electron chi connectivity index (χ0n) is 31.9. The number of likely N-dealkylation sites (N-methyl/N-ethyl adjacent to an activating group) is 1. The summed E-state index contributed by atoms with van der Waals surface area (Å²) in [5, 5.41) is 13.8. The maximum atomic E-state index is 14.4. The average molecular weight is 723 g/mol. The molecule has 2 aromatic carbocycles. The molecule has 6 aliphatic rings. The number of piperidine rings is 3. The van der Waals surface area contributed by atoms with Crippen molar-refractivity contribution in [3.63, 3.8) is 0 Å². The monoisotopic (exact) mass is 722 g/mol. The van der Waals surface area contributed by atoms with Crippen LogP contribution in [0.15, 0.2) is 36.4 Å². The minimum atomic E-state index is -0.926. The molecule has 2 aliphatic carbocycles. The number of nitrogens with one attached hydrogen (secondary N) is 2. The van der Waals surface area contributed by atoms with Crippen LogP contribution in [0.3, 0.4) is 0 Å². The van der Waals surface area contributed by atoms with Gasteiger partial charge in [0, 0.05) is 70.2 Å². The molecule has 4 aliphatic heterocycles. The Morgan fingerprint density at radius 1 is 0.962 bits per heavy atom. The molecular formula is C43H54N4O6. The maximum absolute atomic E-state index is 14.4. The van der Waals surface area contributed by atoms with Gasteiger partial charge in [-0.25, -0.2) is 0 Å². The second kappa shape index (κ2) is 12.9. The Morgan fingerprint density at radius 2 is 1.75 bits per heavy atom. The van der Waals surface area contributed by atoms with Crippen LogP contribution in [0.5, 0.6) is 5.75 Å². The van der Waals surface area contributed by atoms with Crippen LogP contribution in [0.1, 0.15) is 79.9 Å². The van der Waals surface area contributed by atoms with Crippen molar-refractivity contribution in [3.8, 4) is 5.75 Å². The number of rotatable bonds is 6. The van der Waals surface area contributed by atoms with E-state index in [1.807, 2.05) is 0 Å². The number of aromatic amines is 2. The number of aliphatic hydroxyl groups is 1. The quantitative estimate of drug-likeness (QED) is 0.211. The summed E-state index contributed by atoms with van der Waals surface area (Å²) in [5.74, 6) is 0.665. The van der Waals surface area contributed by atoms with Crippen LogP contribution in [0.25, 0.3) is 21.8 Å². The molecule has 6 bridgehead atoms. The van der Waals surface area contributed by atoms with Crippen LogP contribution >= 0.6 is 0 Å². The Morgan fingerprint density at radius 3 is 2.49 bits per heavy atom. The van der Waals surface area contributed by atoms with Crippen molar-refractivity contribution in [2.75, 3.05) is 41.5 Å².